The molecule has 3 rings (SSSR count). The van der Waals surface area contributed by atoms with Crippen molar-refractivity contribution in [1.82, 2.24) is 10.2 Å². The van der Waals surface area contributed by atoms with E-state index in [1.54, 1.807) is 23.1 Å². The van der Waals surface area contributed by atoms with Crippen LogP contribution in [0.2, 0.25) is 0 Å². The lowest BCUT2D eigenvalue weighted by Crippen LogP contribution is -2.43. The SMILES string of the molecule is O=C(NCc1ccccc1F)N(CC(O)c1ccc(F)cc1)C1CC1. The number of carbonyl (C=O) groups is 1. The zero-order chi connectivity index (χ0) is 17.8. The molecule has 0 spiro atoms. The summed E-state index contributed by atoms with van der Waals surface area (Å²) in [4.78, 5) is 14.0. The molecule has 0 aliphatic heterocycles. The minimum absolute atomic E-state index is 0.0794. The number of rotatable bonds is 6. The summed E-state index contributed by atoms with van der Waals surface area (Å²) in [5, 5.41) is 13.0. The van der Waals surface area contributed by atoms with E-state index in [1.807, 2.05) is 0 Å². The van der Waals surface area contributed by atoms with Gasteiger partial charge in [-0.3, -0.25) is 0 Å². The minimum Gasteiger partial charge on any atom is -0.387 e. The lowest BCUT2D eigenvalue weighted by atomic mass is 10.1. The first-order valence-corrected chi connectivity index (χ1v) is 8.26. The van der Waals surface area contributed by atoms with Crippen LogP contribution in [0.1, 0.15) is 30.1 Å². The summed E-state index contributed by atoms with van der Waals surface area (Å²) in [6.07, 6.45) is 0.854. The van der Waals surface area contributed by atoms with Gasteiger partial charge in [-0.15, -0.1) is 0 Å². The third-order valence-corrected chi connectivity index (χ3v) is 4.26. The van der Waals surface area contributed by atoms with E-state index in [4.69, 9.17) is 0 Å². The first-order chi connectivity index (χ1) is 12.0. The third-order valence-electron chi connectivity index (χ3n) is 4.26. The van der Waals surface area contributed by atoms with Gasteiger partial charge >= 0.3 is 6.03 Å². The van der Waals surface area contributed by atoms with Gasteiger partial charge in [-0.05, 0) is 36.6 Å². The van der Waals surface area contributed by atoms with Crippen LogP contribution >= 0.6 is 0 Å². The van der Waals surface area contributed by atoms with Crippen LogP contribution in [0, 0.1) is 11.6 Å². The number of halogens is 2. The molecule has 1 saturated carbocycles. The molecule has 1 atom stereocenters. The highest BCUT2D eigenvalue weighted by atomic mass is 19.1. The molecule has 0 bridgehead atoms. The number of aliphatic hydroxyl groups excluding tert-OH is 1. The maximum absolute atomic E-state index is 13.6. The topological polar surface area (TPSA) is 52.6 Å². The number of hydrogen-bond acceptors (Lipinski definition) is 2. The average molecular weight is 346 g/mol. The molecule has 6 heteroatoms. The van der Waals surface area contributed by atoms with Gasteiger partial charge in [0.2, 0.25) is 0 Å². The molecule has 2 aromatic carbocycles. The number of carbonyl (C=O) groups excluding carboxylic acids is 1. The molecule has 1 aliphatic carbocycles. The molecular formula is C19H20F2N2O2. The predicted molar refractivity (Wildman–Crippen MR) is 89.7 cm³/mol. The van der Waals surface area contributed by atoms with E-state index in [0.29, 0.717) is 11.1 Å². The van der Waals surface area contributed by atoms with Gasteiger partial charge in [0.05, 0.1) is 12.6 Å². The summed E-state index contributed by atoms with van der Waals surface area (Å²) in [7, 11) is 0. The van der Waals surface area contributed by atoms with Crippen molar-refractivity contribution in [1.29, 1.82) is 0 Å². The molecule has 0 heterocycles. The normalized spacial score (nSPS) is 14.8. The van der Waals surface area contributed by atoms with Gasteiger partial charge in [0.1, 0.15) is 11.6 Å². The summed E-state index contributed by atoms with van der Waals surface area (Å²) >= 11 is 0. The molecule has 1 aliphatic rings. The van der Waals surface area contributed by atoms with Crippen molar-refractivity contribution < 1.29 is 18.7 Å². The van der Waals surface area contributed by atoms with E-state index < -0.39 is 6.10 Å². The van der Waals surface area contributed by atoms with Crippen LogP contribution in [0.15, 0.2) is 48.5 Å². The van der Waals surface area contributed by atoms with E-state index in [2.05, 4.69) is 5.32 Å². The number of aliphatic hydroxyl groups is 1. The molecule has 2 N–H and O–H groups in total. The summed E-state index contributed by atoms with van der Waals surface area (Å²) in [5.74, 6) is -0.746. The highest BCUT2D eigenvalue weighted by Crippen LogP contribution is 2.29. The predicted octanol–water partition coefficient (Wildman–Crippen LogP) is 3.37. The van der Waals surface area contributed by atoms with Gasteiger partial charge in [-0.2, -0.15) is 0 Å². The lowest BCUT2D eigenvalue weighted by molar-refractivity contribution is 0.117. The van der Waals surface area contributed by atoms with Crippen molar-refractivity contribution in [2.75, 3.05) is 6.54 Å². The molecule has 1 unspecified atom stereocenters. The quantitative estimate of drug-likeness (QED) is 0.843. The molecule has 0 aromatic heterocycles. The fourth-order valence-corrected chi connectivity index (χ4v) is 2.67. The second-order valence-electron chi connectivity index (χ2n) is 6.20. The average Bonchev–Trinajstić information content (AvgIpc) is 3.44. The number of urea groups is 1. The Bertz CT molecular complexity index is 732. The molecule has 2 aromatic rings. The second kappa shape index (κ2) is 7.61. The second-order valence-corrected chi connectivity index (χ2v) is 6.20. The Morgan fingerprint density at radius 3 is 2.48 bits per heavy atom. The van der Waals surface area contributed by atoms with E-state index >= 15 is 0 Å². The fraction of sp³-hybridized carbons (Fsp3) is 0.316. The van der Waals surface area contributed by atoms with Gasteiger partial charge in [0.15, 0.2) is 0 Å². The Kier molecular flexibility index (Phi) is 5.28. The van der Waals surface area contributed by atoms with Crippen LogP contribution in [0.4, 0.5) is 13.6 Å². The van der Waals surface area contributed by atoms with Gasteiger partial charge < -0.3 is 15.3 Å². The summed E-state index contributed by atoms with van der Waals surface area (Å²) in [5.41, 5.74) is 0.958. The van der Waals surface area contributed by atoms with E-state index in [1.165, 1.54) is 30.3 Å². The van der Waals surface area contributed by atoms with Crippen LogP contribution in [0.25, 0.3) is 0 Å². The monoisotopic (exact) mass is 346 g/mol. The van der Waals surface area contributed by atoms with Crippen molar-refractivity contribution in [3.63, 3.8) is 0 Å². The Morgan fingerprint density at radius 2 is 1.84 bits per heavy atom. The number of amides is 2. The molecular weight excluding hydrogens is 326 g/mol. The number of nitrogens with zero attached hydrogens (tertiary/aromatic N) is 1. The molecule has 1 fully saturated rings. The van der Waals surface area contributed by atoms with Gasteiger partial charge in [-0.25, -0.2) is 13.6 Å². The number of hydrogen-bond donors (Lipinski definition) is 2. The highest BCUT2D eigenvalue weighted by Gasteiger charge is 2.34. The number of benzene rings is 2. The molecule has 0 radical (unpaired) electrons. The Balaban J connectivity index is 1.61. The Hall–Kier alpha value is -2.47. The maximum atomic E-state index is 13.6. The van der Waals surface area contributed by atoms with Gasteiger partial charge in [0, 0.05) is 18.2 Å². The van der Waals surface area contributed by atoms with Crippen LogP contribution in [0.5, 0.6) is 0 Å². The largest absolute Gasteiger partial charge is 0.387 e. The zero-order valence-electron chi connectivity index (χ0n) is 13.7. The summed E-state index contributed by atoms with van der Waals surface area (Å²) in [6.45, 7) is 0.195. The third kappa shape index (κ3) is 4.54. The molecule has 132 valence electrons. The maximum Gasteiger partial charge on any atom is 0.318 e. The van der Waals surface area contributed by atoms with E-state index in [-0.39, 0.29) is 36.8 Å². The van der Waals surface area contributed by atoms with Gasteiger partial charge in [-0.1, -0.05) is 30.3 Å². The van der Waals surface area contributed by atoms with Crippen LogP contribution in [-0.4, -0.2) is 28.6 Å². The van der Waals surface area contributed by atoms with Crippen molar-refractivity contribution in [3.05, 3.63) is 71.3 Å². The van der Waals surface area contributed by atoms with Crippen LogP contribution in [-0.2, 0) is 6.54 Å². The number of nitrogens with one attached hydrogen (secondary N) is 1. The first kappa shape index (κ1) is 17.4. The minimum atomic E-state index is -0.902. The van der Waals surface area contributed by atoms with Crippen LogP contribution < -0.4 is 5.32 Å². The van der Waals surface area contributed by atoms with Crippen molar-refractivity contribution in [2.24, 2.45) is 0 Å². The molecule has 25 heavy (non-hydrogen) atoms. The zero-order valence-corrected chi connectivity index (χ0v) is 13.7. The van der Waals surface area contributed by atoms with Crippen molar-refractivity contribution in [3.8, 4) is 0 Å². The van der Waals surface area contributed by atoms with E-state index in [0.717, 1.165) is 12.8 Å². The van der Waals surface area contributed by atoms with E-state index in [9.17, 15) is 18.7 Å². The standard InChI is InChI=1S/C19H20F2N2O2/c20-15-7-5-13(6-8-15)18(24)12-23(16-9-10-16)19(25)22-11-14-3-1-2-4-17(14)21/h1-8,16,18,24H,9-12H2,(H,22,25). The Labute approximate surface area is 145 Å². The van der Waals surface area contributed by atoms with Crippen molar-refractivity contribution >= 4 is 6.03 Å². The molecule has 4 nitrogen and oxygen atoms in total. The Morgan fingerprint density at radius 1 is 1.16 bits per heavy atom. The lowest BCUT2D eigenvalue weighted by Gasteiger charge is -2.26. The van der Waals surface area contributed by atoms with Crippen LogP contribution in [0.3, 0.4) is 0 Å². The summed E-state index contributed by atoms with van der Waals surface area (Å²) in [6, 6.07) is 11.6. The van der Waals surface area contributed by atoms with Crippen molar-refractivity contribution in [2.45, 2.75) is 31.5 Å². The van der Waals surface area contributed by atoms with Gasteiger partial charge in [0.25, 0.3) is 0 Å². The smallest absolute Gasteiger partial charge is 0.318 e. The fourth-order valence-electron chi connectivity index (χ4n) is 2.67. The molecule has 2 amide bonds. The first-order valence-electron chi connectivity index (χ1n) is 8.26. The molecule has 0 saturated heterocycles. The summed E-state index contributed by atoms with van der Waals surface area (Å²) < 4.78 is 26.6. The highest BCUT2D eigenvalue weighted by molar-refractivity contribution is 5.75.